The van der Waals surface area contributed by atoms with Gasteiger partial charge in [0, 0.05) is 15.6 Å². The first-order chi connectivity index (χ1) is 17.0. The largest absolute Gasteiger partial charge is 0.497 e. The number of aliphatic carboxylic acids is 1. The van der Waals surface area contributed by atoms with Crippen LogP contribution in [-0.2, 0) is 4.79 Å². The second-order valence-electron chi connectivity index (χ2n) is 7.69. The van der Waals surface area contributed by atoms with Crippen LogP contribution in [-0.4, -0.2) is 41.9 Å². The summed E-state index contributed by atoms with van der Waals surface area (Å²) in [7, 11) is 3.09. The molecule has 0 fully saturated rings. The lowest BCUT2D eigenvalue weighted by Crippen LogP contribution is -2.10. The van der Waals surface area contributed by atoms with E-state index < -0.39 is 12.6 Å². The average Bonchev–Trinajstić information content (AvgIpc) is 3.25. The molecule has 2 aromatic heterocycles. The van der Waals surface area contributed by atoms with E-state index in [9.17, 15) is 9.59 Å². The first-order valence-electron chi connectivity index (χ1n) is 10.6. The van der Waals surface area contributed by atoms with E-state index >= 15 is 0 Å². The fourth-order valence-corrected chi connectivity index (χ4v) is 4.99. The fraction of sp³-hybridized carbons (Fsp3) is 0.115. The number of hydrogen-bond acceptors (Lipinski definition) is 7. The molecule has 0 saturated heterocycles. The quantitative estimate of drug-likeness (QED) is 0.333. The lowest BCUT2D eigenvalue weighted by molar-refractivity contribution is -0.139. The summed E-state index contributed by atoms with van der Waals surface area (Å²) in [6.07, 6.45) is 0. The minimum Gasteiger partial charge on any atom is -0.497 e. The Morgan fingerprint density at radius 1 is 0.971 bits per heavy atom. The van der Waals surface area contributed by atoms with Crippen LogP contribution in [0.3, 0.4) is 0 Å². The molecule has 3 aromatic carbocycles. The van der Waals surface area contributed by atoms with Crippen LogP contribution in [0.15, 0.2) is 65.5 Å². The molecule has 2 N–H and O–H groups in total. The minimum absolute atomic E-state index is 0.240. The van der Waals surface area contributed by atoms with Crippen molar-refractivity contribution in [1.82, 2.24) is 9.97 Å². The van der Waals surface area contributed by atoms with Gasteiger partial charge < -0.3 is 24.3 Å². The maximum Gasteiger partial charge on any atom is 0.341 e. The van der Waals surface area contributed by atoms with Gasteiger partial charge in [-0.05, 0) is 47.5 Å². The van der Waals surface area contributed by atoms with Crippen LogP contribution in [0.2, 0.25) is 0 Å². The number of H-pyrrole nitrogens is 1. The number of methoxy groups -OCH3 is 2. The minimum atomic E-state index is -1.09. The van der Waals surface area contributed by atoms with Gasteiger partial charge in [0.2, 0.25) is 0 Å². The molecular weight excluding hydrogens is 468 g/mol. The summed E-state index contributed by atoms with van der Waals surface area (Å²) in [6.45, 7) is -0.490. The number of rotatable bonds is 7. The van der Waals surface area contributed by atoms with Crippen molar-refractivity contribution in [2.75, 3.05) is 20.8 Å². The Morgan fingerprint density at radius 3 is 2.54 bits per heavy atom. The van der Waals surface area contributed by atoms with E-state index in [0.717, 1.165) is 27.0 Å². The summed E-state index contributed by atoms with van der Waals surface area (Å²) in [5, 5.41) is 10.2. The Kier molecular flexibility index (Phi) is 5.84. The van der Waals surface area contributed by atoms with Crippen molar-refractivity contribution in [3.8, 4) is 39.8 Å². The topological polar surface area (TPSA) is 111 Å². The van der Waals surface area contributed by atoms with E-state index in [1.54, 1.807) is 25.3 Å². The zero-order valence-electron chi connectivity index (χ0n) is 18.8. The number of aromatic nitrogens is 2. The van der Waals surface area contributed by atoms with Gasteiger partial charge >= 0.3 is 5.97 Å². The zero-order chi connectivity index (χ0) is 24.5. The van der Waals surface area contributed by atoms with Crippen molar-refractivity contribution in [3.63, 3.8) is 0 Å². The zero-order valence-corrected chi connectivity index (χ0v) is 19.6. The maximum atomic E-state index is 13.1. The number of aromatic amines is 1. The van der Waals surface area contributed by atoms with Crippen molar-refractivity contribution in [1.29, 1.82) is 0 Å². The monoisotopic (exact) mass is 488 g/mol. The summed E-state index contributed by atoms with van der Waals surface area (Å²) in [6, 6.07) is 18.7. The first-order valence-corrected chi connectivity index (χ1v) is 11.4. The van der Waals surface area contributed by atoms with Crippen LogP contribution in [0.1, 0.15) is 0 Å². The third-order valence-corrected chi connectivity index (χ3v) is 6.58. The van der Waals surface area contributed by atoms with Crippen molar-refractivity contribution < 1.29 is 24.1 Å². The number of nitrogens with zero attached hydrogens (tertiary/aromatic N) is 1. The Balaban J connectivity index is 1.57. The number of benzene rings is 3. The third kappa shape index (κ3) is 4.29. The summed E-state index contributed by atoms with van der Waals surface area (Å²) in [4.78, 5) is 32.0. The number of nitrogens with one attached hydrogen (secondary N) is 1. The predicted molar refractivity (Wildman–Crippen MR) is 135 cm³/mol. The number of carbonyl (C=O) groups is 1. The molecule has 0 aliphatic carbocycles. The Bertz CT molecular complexity index is 1640. The molecule has 0 amide bonds. The van der Waals surface area contributed by atoms with Crippen LogP contribution in [0.4, 0.5) is 0 Å². The van der Waals surface area contributed by atoms with Crippen molar-refractivity contribution >= 4 is 37.6 Å². The van der Waals surface area contributed by atoms with Gasteiger partial charge in [-0.2, -0.15) is 0 Å². The highest BCUT2D eigenvalue weighted by molar-refractivity contribution is 7.25. The van der Waals surface area contributed by atoms with E-state index in [4.69, 9.17) is 24.3 Å². The van der Waals surface area contributed by atoms with E-state index in [0.29, 0.717) is 27.4 Å². The smallest absolute Gasteiger partial charge is 0.341 e. The molecule has 5 aromatic rings. The molecule has 176 valence electrons. The molecule has 2 heterocycles. The molecule has 5 rings (SSSR count). The Labute approximate surface area is 203 Å². The number of carboxylic acids is 1. The molecule has 35 heavy (non-hydrogen) atoms. The molecule has 0 aliphatic heterocycles. The second-order valence-corrected chi connectivity index (χ2v) is 8.72. The molecule has 0 unspecified atom stereocenters. The van der Waals surface area contributed by atoms with Crippen LogP contribution in [0.25, 0.3) is 42.8 Å². The van der Waals surface area contributed by atoms with E-state index in [2.05, 4.69) is 4.98 Å². The molecule has 0 bridgehead atoms. The summed E-state index contributed by atoms with van der Waals surface area (Å²) >= 11 is 1.44. The van der Waals surface area contributed by atoms with E-state index in [1.807, 2.05) is 42.5 Å². The Morgan fingerprint density at radius 2 is 1.77 bits per heavy atom. The number of ether oxygens (including phenoxy) is 3. The van der Waals surface area contributed by atoms with Gasteiger partial charge in [-0.15, -0.1) is 11.3 Å². The first kappa shape index (κ1) is 22.4. The van der Waals surface area contributed by atoms with Gasteiger partial charge in [-0.25, -0.2) is 9.78 Å². The van der Waals surface area contributed by atoms with Crippen molar-refractivity contribution in [2.45, 2.75) is 0 Å². The van der Waals surface area contributed by atoms with Gasteiger partial charge in [0.25, 0.3) is 5.56 Å². The molecule has 0 radical (unpaired) electrons. The highest BCUT2D eigenvalue weighted by Gasteiger charge is 2.15. The van der Waals surface area contributed by atoms with Gasteiger partial charge in [0.15, 0.2) is 18.1 Å². The molecule has 0 spiro atoms. The molecular formula is C26H20N2O6S. The molecule has 9 heteroatoms. The van der Waals surface area contributed by atoms with Crippen molar-refractivity contribution in [3.05, 3.63) is 71.0 Å². The van der Waals surface area contributed by atoms with Gasteiger partial charge in [-0.1, -0.05) is 24.3 Å². The van der Waals surface area contributed by atoms with E-state index in [-0.39, 0.29) is 11.3 Å². The van der Waals surface area contributed by atoms with Crippen LogP contribution >= 0.6 is 11.3 Å². The fourth-order valence-electron chi connectivity index (χ4n) is 3.87. The summed E-state index contributed by atoms with van der Waals surface area (Å²) < 4.78 is 16.9. The molecule has 0 saturated carbocycles. The van der Waals surface area contributed by atoms with Crippen molar-refractivity contribution in [2.24, 2.45) is 0 Å². The Hall–Kier alpha value is -4.37. The average molecular weight is 489 g/mol. The summed E-state index contributed by atoms with van der Waals surface area (Å²) in [5.74, 6) is 0.688. The molecule has 8 nitrogen and oxygen atoms in total. The number of hydrogen-bond donors (Lipinski definition) is 2. The number of carboxylic acid groups (broad SMARTS) is 1. The normalized spacial score (nSPS) is 11.0. The maximum absolute atomic E-state index is 13.1. The number of thiophene rings is 1. The van der Waals surface area contributed by atoms with E-state index in [1.165, 1.54) is 18.4 Å². The predicted octanol–water partition coefficient (Wildman–Crippen LogP) is 4.95. The standard InChI is InChI=1S/C26H20N2O6S/c1-32-17-5-3-4-14(10-17)15-6-8-18-21(12-15)35-26-23(18)25(31)27-24(28-26)16-7-9-19(20(11-16)33-2)34-13-22(29)30/h3-12H,13H2,1-2H3,(H,29,30)(H,27,28,31). The highest BCUT2D eigenvalue weighted by atomic mass is 32.1. The van der Waals surface area contributed by atoms with Crippen LogP contribution < -0.4 is 19.8 Å². The SMILES string of the molecule is COc1cccc(-c2ccc3c(c2)sc2nc(-c4ccc(OCC(=O)O)c(OC)c4)[nH]c(=O)c23)c1. The summed E-state index contributed by atoms with van der Waals surface area (Å²) in [5.41, 5.74) is 2.40. The third-order valence-electron chi connectivity index (χ3n) is 5.54. The number of fused-ring (bicyclic) bond motifs is 3. The highest BCUT2D eigenvalue weighted by Crippen LogP contribution is 2.36. The van der Waals surface area contributed by atoms with Gasteiger partial charge in [-0.3, -0.25) is 4.79 Å². The van der Waals surface area contributed by atoms with Crippen LogP contribution in [0.5, 0.6) is 17.2 Å². The molecule has 0 atom stereocenters. The lowest BCUT2D eigenvalue weighted by atomic mass is 10.0. The second kappa shape index (κ2) is 9.11. The van der Waals surface area contributed by atoms with Gasteiger partial charge in [0.05, 0.1) is 19.6 Å². The van der Waals surface area contributed by atoms with Gasteiger partial charge in [0.1, 0.15) is 16.4 Å². The molecule has 0 aliphatic rings. The lowest BCUT2D eigenvalue weighted by Gasteiger charge is -2.10. The van der Waals surface area contributed by atoms with Crippen LogP contribution in [0, 0.1) is 0 Å².